The first-order chi connectivity index (χ1) is 16.2. The number of carboxylic acid groups (broad SMARTS) is 1. The van der Waals surface area contributed by atoms with Crippen LogP contribution in [0.2, 0.25) is 0 Å². The first kappa shape index (κ1) is 22.3. The minimum absolute atomic E-state index is 0.0700. The van der Waals surface area contributed by atoms with Gasteiger partial charge in [0.05, 0.1) is 5.69 Å². The summed E-state index contributed by atoms with van der Waals surface area (Å²) >= 11 is 0. The van der Waals surface area contributed by atoms with Crippen LogP contribution in [0.3, 0.4) is 0 Å². The highest BCUT2D eigenvalue weighted by Crippen LogP contribution is 2.35. The number of amides is 1. The number of carbonyl (C=O) groups excluding carboxylic acids is 1. The van der Waals surface area contributed by atoms with Crippen LogP contribution < -0.4 is 0 Å². The van der Waals surface area contributed by atoms with Crippen LogP contribution in [0.1, 0.15) is 42.2 Å². The van der Waals surface area contributed by atoms with Gasteiger partial charge >= 0.3 is 5.97 Å². The first-order valence-electron chi connectivity index (χ1n) is 11.3. The molecule has 2 N–H and O–H groups in total. The van der Waals surface area contributed by atoms with Gasteiger partial charge in [-0.05, 0) is 19.9 Å². The highest BCUT2D eigenvalue weighted by atomic mass is 16.5. The number of rotatable bonds is 5. The molecule has 1 aromatic carbocycles. The summed E-state index contributed by atoms with van der Waals surface area (Å²) in [6.45, 7) is 6.60. The molecule has 0 spiro atoms. The maximum Gasteiger partial charge on any atom is 0.356 e. The Morgan fingerprint density at radius 1 is 1.18 bits per heavy atom. The number of aliphatic hydroxyl groups is 1. The van der Waals surface area contributed by atoms with Gasteiger partial charge in [0.2, 0.25) is 5.60 Å². The lowest BCUT2D eigenvalue weighted by molar-refractivity contribution is -0.144. The Balaban J connectivity index is 1.51. The van der Waals surface area contributed by atoms with E-state index in [1.54, 1.807) is 13.1 Å². The zero-order valence-corrected chi connectivity index (χ0v) is 19.4. The van der Waals surface area contributed by atoms with Gasteiger partial charge in [-0.3, -0.25) is 9.69 Å². The molecule has 0 bridgehead atoms. The molecular formula is C24H27N5O5. The molecule has 1 atom stereocenters. The maximum absolute atomic E-state index is 12.4. The van der Waals surface area contributed by atoms with Crippen molar-refractivity contribution >= 4 is 11.9 Å². The van der Waals surface area contributed by atoms with Gasteiger partial charge in [-0.2, -0.15) is 0 Å². The lowest BCUT2D eigenvalue weighted by Gasteiger charge is -2.32. The summed E-state index contributed by atoms with van der Waals surface area (Å²) < 4.78 is 7.36. The van der Waals surface area contributed by atoms with E-state index in [-0.39, 0.29) is 17.9 Å². The van der Waals surface area contributed by atoms with Crippen molar-refractivity contribution in [2.24, 2.45) is 0 Å². The molecule has 10 heteroatoms. The summed E-state index contributed by atoms with van der Waals surface area (Å²) in [5.41, 5.74) is 0.997. The zero-order chi connectivity index (χ0) is 24.2. The number of fused-ring (bicyclic) bond motifs is 1. The standard InChI is InChI=1S/C24H27N5O5/c1-14(2)28-9-10-29-18(13-28)20(22(30)31)25-21(29)16-6-4-5-15(11-16)17-12-19(34-26-17)24(33)7-8-27(3)23(24)32/h4-6,11-12,14,33H,7-10,13H2,1-3H3,(H,30,31). The van der Waals surface area contributed by atoms with Crippen LogP contribution in [0.15, 0.2) is 34.9 Å². The SMILES string of the molecule is CC(C)N1CCn2c(-c3cccc(-c4cc(C5(O)CCN(C)C5=O)on4)c3)nc(C(=O)O)c2C1. The second-order valence-corrected chi connectivity index (χ2v) is 9.25. The van der Waals surface area contributed by atoms with Gasteiger partial charge in [0.1, 0.15) is 11.5 Å². The molecule has 0 aliphatic carbocycles. The summed E-state index contributed by atoms with van der Waals surface area (Å²) in [7, 11) is 1.64. The van der Waals surface area contributed by atoms with Gasteiger partial charge in [-0.1, -0.05) is 23.4 Å². The number of aromatic carboxylic acids is 1. The van der Waals surface area contributed by atoms with E-state index in [9.17, 15) is 19.8 Å². The normalized spacial score (nSPS) is 20.9. The summed E-state index contributed by atoms with van der Waals surface area (Å²) in [5, 5.41) is 24.7. The molecular weight excluding hydrogens is 438 g/mol. The van der Waals surface area contributed by atoms with Gasteiger partial charge in [0.25, 0.3) is 5.91 Å². The number of carboxylic acids is 1. The van der Waals surface area contributed by atoms with Crippen LogP contribution >= 0.6 is 0 Å². The average molecular weight is 466 g/mol. The van der Waals surface area contributed by atoms with Crippen LogP contribution in [0.4, 0.5) is 0 Å². The second-order valence-electron chi connectivity index (χ2n) is 9.25. The molecule has 1 unspecified atom stereocenters. The van der Waals surface area contributed by atoms with E-state index in [0.717, 1.165) is 12.1 Å². The monoisotopic (exact) mass is 465 g/mol. The molecule has 0 radical (unpaired) electrons. The third-order valence-corrected chi connectivity index (χ3v) is 6.81. The van der Waals surface area contributed by atoms with Crippen LogP contribution in [0, 0.1) is 0 Å². The van der Waals surface area contributed by atoms with Gasteiger partial charge < -0.3 is 24.2 Å². The van der Waals surface area contributed by atoms with Crippen molar-refractivity contribution in [3.05, 3.63) is 47.5 Å². The number of nitrogens with zero attached hydrogens (tertiary/aromatic N) is 5. The van der Waals surface area contributed by atoms with Crippen molar-refractivity contribution < 1.29 is 24.3 Å². The Labute approximate surface area is 196 Å². The highest BCUT2D eigenvalue weighted by Gasteiger charge is 2.48. The first-order valence-corrected chi connectivity index (χ1v) is 11.3. The fourth-order valence-corrected chi connectivity index (χ4v) is 4.73. The van der Waals surface area contributed by atoms with Crippen molar-refractivity contribution in [1.82, 2.24) is 24.5 Å². The number of likely N-dealkylation sites (tertiary alicyclic amines) is 1. The van der Waals surface area contributed by atoms with Gasteiger partial charge in [0.15, 0.2) is 11.5 Å². The van der Waals surface area contributed by atoms with Crippen LogP contribution in [0.25, 0.3) is 22.6 Å². The molecule has 10 nitrogen and oxygen atoms in total. The highest BCUT2D eigenvalue weighted by molar-refractivity contribution is 5.89. The van der Waals surface area contributed by atoms with Crippen molar-refractivity contribution in [3.8, 4) is 22.6 Å². The van der Waals surface area contributed by atoms with E-state index in [2.05, 4.69) is 28.9 Å². The Hall–Kier alpha value is -3.50. The van der Waals surface area contributed by atoms with Crippen LogP contribution in [0.5, 0.6) is 0 Å². The smallest absolute Gasteiger partial charge is 0.356 e. The number of imidazole rings is 1. The molecule has 2 aliphatic heterocycles. The van der Waals surface area contributed by atoms with E-state index in [4.69, 9.17) is 4.52 Å². The molecule has 178 valence electrons. The Kier molecular flexibility index (Phi) is 5.29. The topological polar surface area (TPSA) is 125 Å². The molecule has 5 rings (SSSR count). The van der Waals surface area contributed by atoms with Crippen molar-refractivity contribution in [2.75, 3.05) is 20.1 Å². The molecule has 0 saturated carbocycles. The number of carbonyl (C=O) groups is 2. The fraction of sp³-hybridized carbons (Fsp3) is 0.417. The second kappa shape index (κ2) is 8.07. The summed E-state index contributed by atoms with van der Waals surface area (Å²) in [6, 6.07) is 9.32. The van der Waals surface area contributed by atoms with Crippen molar-refractivity contribution in [1.29, 1.82) is 0 Å². The summed E-state index contributed by atoms with van der Waals surface area (Å²) in [5.74, 6) is -0.753. The van der Waals surface area contributed by atoms with Gasteiger partial charge in [-0.15, -0.1) is 0 Å². The molecule has 4 heterocycles. The van der Waals surface area contributed by atoms with Crippen molar-refractivity contribution in [2.45, 2.75) is 45.0 Å². The summed E-state index contributed by atoms with van der Waals surface area (Å²) in [6.07, 6.45) is 0.239. The molecule has 1 saturated heterocycles. The Morgan fingerprint density at radius 2 is 1.94 bits per heavy atom. The van der Waals surface area contributed by atoms with E-state index >= 15 is 0 Å². The van der Waals surface area contributed by atoms with E-state index in [1.807, 2.05) is 28.8 Å². The van der Waals surface area contributed by atoms with E-state index in [0.29, 0.717) is 48.5 Å². The summed E-state index contributed by atoms with van der Waals surface area (Å²) in [4.78, 5) is 32.5. The Morgan fingerprint density at radius 3 is 2.62 bits per heavy atom. The molecule has 2 aromatic heterocycles. The van der Waals surface area contributed by atoms with Gasteiger partial charge in [-0.25, -0.2) is 9.78 Å². The minimum Gasteiger partial charge on any atom is -0.476 e. The average Bonchev–Trinajstić information content (AvgIpc) is 3.53. The number of hydrogen-bond donors (Lipinski definition) is 2. The largest absolute Gasteiger partial charge is 0.476 e. The van der Waals surface area contributed by atoms with Crippen LogP contribution in [-0.4, -0.2) is 72.8 Å². The van der Waals surface area contributed by atoms with Gasteiger partial charge in [0, 0.05) is 62.9 Å². The molecule has 1 fully saturated rings. The van der Waals surface area contributed by atoms with Crippen molar-refractivity contribution in [3.63, 3.8) is 0 Å². The number of likely N-dealkylation sites (N-methyl/N-ethyl adjacent to an activating group) is 1. The molecule has 2 aliphatic rings. The fourth-order valence-electron chi connectivity index (χ4n) is 4.73. The lowest BCUT2D eigenvalue weighted by Crippen LogP contribution is -2.38. The third kappa shape index (κ3) is 3.50. The number of aromatic nitrogens is 3. The molecule has 1 amide bonds. The predicted octanol–water partition coefficient (Wildman–Crippen LogP) is 2.18. The van der Waals surface area contributed by atoms with E-state index < -0.39 is 17.5 Å². The quantitative estimate of drug-likeness (QED) is 0.587. The number of hydrogen-bond acceptors (Lipinski definition) is 7. The van der Waals surface area contributed by atoms with Crippen LogP contribution in [-0.2, 0) is 23.5 Å². The molecule has 34 heavy (non-hydrogen) atoms. The zero-order valence-electron chi connectivity index (χ0n) is 19.4. The lowest BCUT2D eigenvalue weighted by atomic mass is 9.98. The van der Waals surface area contributed by atoms with E-state index in [1.165, 1.54) is 4.90 Å². The molecule has 3 aromatic rings. The maximum atomic E-state index is 12.4. The minimum atomic E-state index is -1.71. The third-order valence-electron chi connectivity index (χ3n) is 6.81. The number of benzene rings is 1. The Bertz CT molecular complexity index is 1280. The predicted molar refractivity (Wildman–Crippen MR) is 122 cm³/mol.